The molecule has 4 rings (SSSR count). The number of aromatic amines is 1. The average molecular weight is 361 g/mol. The lowest BCUT2D eigenvalue weighted by atomic mass is 10.1. The molecule has 1 saturated heterocycles. The molecule has 1 aliphatic heterocycles. The zero-order valence-corrected chi connectivity index (χ0v) is 14.9. The lowest BCUT2D eigenvalue weighted by Gasteiger charge is -2.34. The average Bonchev–Trinajstić information content (AvgIpc) is 2.69. The van der Waals surface area contributed by atoms with Gasteiger partial charge in [0.1, 0.15) is 12.1 Å². The summed E-state index contributed by atoms with van der Waals surface area (Å²) in [6.45, 7) is 2.64. The number of anilines is 1. The van der Waals surface area contributed by atoms with E-state index in [-0.39, 0.29) is 23.4 Å². The van der Waals surface area contributed by atoms with Crippen molar-refractivity contribution >= 4 is 28.4 Å². The van der Waals surface area contributed by atoms with Crippen LogP contribution in [0, 0.1) is 6.92 Å². The maximum absolute atomic E-state index is 12.9. The summed E-state index contributed by atoms with van der Waals surface area (Å²) in [5.74, 6) is -0.574. The van der Waals surface area contributed by atoms with Crippen LogP contribution >= 0.6 is 0 Å². The second kappa shape index (κ2) is 6.72. The molecule has 2 heterocycles. The predicted molar refractivity (Wildman–Crippen MR) is 104 cm³/mol. The van der Waals surface area contributed by atoms with E-state index in [9.17, 15) is 14.4 Å². The number of benzene rings is 2. The highest BCUT2D eigenvalue weighted by Crippen LogP contribution is 2.18. The number of nitrogens with one attached hydrogen (secondary N) is 1. The fraction of sp³-hybridized carbons (Fsp3) is 0.190. The van der Waals surface area contributed by atoms with Gasteiger partial charge in [0.2, 0.25) is 11.3 Å². The van der Waals surface area contributed by atoms with Crippen molar-refractivity contribution in [3.63, 3.8) is 0 Å². The largest absolute Gasteiger partial charge is 0.360 e. The first-order chi connectivity index (χ1) is 13.1. The zero-order valence-electron chi connectivity index (χ0n) is 14.9. The quantitative estimate of drug-likeness (QED) is 0.761. The third kappa shape index (κ3) is 2.99. The fourth-order valence-corrected chi connectivity index (χ4v) is 3.46. The van der Waals surface area contributed by atoms with Crippen molar-refractivity contribution in [1.82, 2.24) is 9.88 Å². The molecule has 0 bridgehead atoms. The molecule has 6 nitrogen and oxygen atoms in total. The van der Waals surface area contributed by atoms with Gasteiger partial charge >= 0.3 is 0 Å². The number of para-hydroxylation sites is 2. The van der Waals surface area contributed by atoms with Gasteiger partial charge in [0.25, 0.3) is 5.91 Å². The number of hydrogen-bond acceptors (Lipinski definition) is 3. The first-order valence-corrected chi connectivity index (χ1v) is 8.82. The van der Waals surface area contributed by atoms with E-state index in [2.05, 4.69) is 4.98 Å². The van der Waals surface area contributed by atoms with E-state index in [1.807, 2.05) is 43.3 Å². The first-order valence-electron chi connectivity index (χ1n) is 8.82. The highest BCUT2D eigenvalue weighted by molar-refractivity contribution is 6.02. The van der Waals surface area contributed by atoms with E-state index in [1.165, 1.54) is 11.1 Å². The van der Waals surface area contributed by atoms with Crippen LogP contribution in [0.5, 0.6) is 0 Å². The Balaban J connectivity index is 1.60. The molecule has 1 N–H and O–H groups in total. The number of pyridine rings is 1. The number of aryl methyl sites for hydroxylation is 1. The molecule has 0 aliphatic carbocycles. The summed E-state index contributed by atoms with van der Waals surface area (Å²) in [6.07, 6.45) is 1.45. The molecule has 0 radical (unpaired) electrons. The minimum Gasteiger partial charge on any atom is -0.360 e. The van der Waals surface area contributed by atoms with Crippen LogP contribution in [-0.2, 0) is 4.79 Å². The van der Waals surface area contributed by atoms with Crippen LogP contribution in [0.25, 0.3) is 10.9 Å². The van der Waals surface area contributed by atoms with E-state index < -0.39 is 5.91 Å². The smallest absolute Gasteiger partial charge is 0.259 e. The monoisotopic (exact) mass is 361 g/mol. The van der Waals surface area contributed by atoms with Crippen LogP contribution in [0.3, 0.4) is 0 Å². The number of rotatable bonds is 2. The highest BCUT2D eigenvalue weighted by Gasteiger charge is 2.29. The van der Waals surface area contributed by atoms with Gasteiger partial charge in [-0.3, -0.25) is 14.4 Å². The second-order valence-electron chi connectivity index (χ2n) is 6.64. The number of carbonyl (C=O) groups excluding carboxylic acids is 2. The summed E-state index contributed by atoms with van der Waals surface area (Å²) in [5, 5.41) is 0.482. The molecule has 6 heteroatoms. The number of fused-ring (bicyclic) bond motifs is 1. The molecule has 1 aliphatic rings. The molecule has 0 saturated carbocycles. The van der Waals surface area contributed by atoms with E-state index in [0.29, 0.717) is 18.5 Å². The molecule has 136 valence electrons. The maximum atomic E-state index is 12.9. The lowest BCUT2D eigenvalue weighted by molar-refractivity contribution is -0.120. The molecular formula is C21H19N3O3. The normalized spacial score (nSPS) is 14.6. The second-order valence-corrected chi connectivity index (χ2v) is 6.64. The van der Waals surface area contributed by atoms with Gasteiger partial charge in [-0.25, -0.2) is 0 Å². The Morgan fingerprint density at radius 2 is 1.78 bits per heavy atom. The predicted octanol–water partition coefficient (Wildman–Crippen LogP) is 2.33. The van der Waals surface area contributed by atoms with Gasteiger partial charge in [0.05, 0.1) is 5.52 Å². The van der Waals surface area contributed by atoms with Crippen molar-refractivity contribution < 1.29 is 9.59 Å². The molecule has 0 atom stereocenters. The third-order valence-electron chi connectivity index (χ3n) is 4.93. The van der Waals surface area contributed by atoms with Crippen molar-refractivity contribution in [2.24, 2.45) is 0 Å². The van der Waals surface area contributed by atoms with Crippen LogP contribution in [0.4, 0.5) is 5.69 Å². The van der Waals surface area contributed by atoms with Gasteiger partial charge in [-0.2, -0.15) is 0 Å². The van der Waals surface area contributed by atoms with Crippen molar-refractivity contribution in [1.29, 1.82) is 0 Å². The topological polar surface area (TPSA) is 73.5 Å². The maximum Gasteiger partial charge on any atom is 0.259 e. The number of piperazine rings is 1. The van der Waals surface area contributed by atoms with E-state index in [0.717, 1.165) is 16.8 Å². The van der Waals surface area contributed by atoms with Gasteiger partial charge in [0.15, 0.2) is 0 Å². The molecule has 0 spiro atoms. The molecule has 1 fully saturated rings. The molecule has 2 amide bonds. The SMILES string of the molecule is Cc1cccc2c(=O)c(C(=O)N3CCN(c4ccccc4)C(=O)C3)c[nH]c12. The molecule has 3 aromatic rings. The number of nitrogens with zero attached hydrogens (tertiary/aromatic N) is 2. The van der Waals surface area contributed by atoms with Gasteiger partial charge in [0, 0.05) is 30.4 Å². The number of carbonyl (C=O) groups is 2. The summed E-state index contributed by atoms with van der Waals surface area (Å²) < 4.78 is 0. The summed E-state index contributed by atoms with van der Waals surface area (Å²) in [6, 6.07) is 14.8. The Morgan fingerprint density at radius 1 is 1.00 bits per heavy atom. The fourth-order valence-electron chi connectivity index (χ4n) is 3.46. The van der Waals surface area contributed by atoms with Crippen LogP contribution in [0.15, 0.2) is 59.5 Å². The molecule has 0 unspecified atom stereocenters. The van der Waals surface area contributed by atoms with E-state index in [4.69, 9.17) is 0 Å². The Bertz CT molecular complexity index is 1090. The van der Waals surface area contributed by atoms with E-state index in [1.54, 1.807) is 17.0 Å². The Labute approximate surface area is 156 Å². The van der Waals surface area contributed by atoms with Gasteiger partial charge in [-0.1, -0.05) is 30.3 Å². The van der Waals surface area contributed by atoms with Gasteiger partial charge < -0.3 is 14.8 Å². The van der Waals surface area contributed by atoms with Crippen LogP contribution < -0.4 is 10.3 Å². The Kier molecular flexibility index (Phi) is 4.24. The van der Waals surface area contributed by atoms with Crippen molar-refractivity contribution in [2.75, 3.05) is 24.5 Å². The minimum atomic E-state index is -0.416. The first kappa shape index (κ1) is 17.0. The van der Waals surface area contributed by atoms with Gasteiger partial charge in [-0.15, -0.1) is 0 Å². The standard InChI is InChI=1S/C21H19N3O3/c1-14-6-5-9-16-19(14)22-12-17(20(16)26)21(27)23-10-11-24(18(25)13-23)15-7-3-2-4-8-15/h2-9,12H,10-11,13H2,1H3,(H,22,26). The Morgan fingerprint density at radius 3 is 2.52 bits per heavy atom. The van der Waals surface area contributed by atoms with E-state index >= 15 is 0 Å². The molecule has 27 heavy (non-hydrogen) atoms. The summed E-state index contributed by atoms with van der Waals surface area (Å²) >= 11 is 0. The summed E-state index contributed by atoms with van der Waals surface area (Å²) in [7, 11) is 0. The zero-order chi connectivity index (χ0) is 19.0. The van der Waals surface area contributed by atoms with Crippen LogP contribution in [0.2, 0.25) is 0 Å². The summed E-state index contributed by atoms with van der Waals surface area (Å²) in [4.78, 5) is 44.3. The summed E-state index contributed by atoms with van der Waals surface area (Å²) in [5.41, 5.74) is 2.23. The molecule has 1 aromatic heterocycles. The van der Waals surface area contributed by atoms with Crippen molar-refractivity contribution in [3.05, 3.63) is 76.1 Å². The van der Waals surface area contributed by atoms with Crippen molar-refractivity contribution in [2.45, 2.75) is 6.92 Å². The van der Waals surface area contributed by atoms with Crippen LogP contribution in [-0.4, -0.2) is 41.3 Å². The Hall–Kier alpha value is -3.41. The molecular weight excluding hydrogens is 342 g/mol. The highest BCUT2D eigenvalue weighted by atomic mass is 16.2. The number of hydrogen-bond donors (Lipinski definition) is 1. The number of amides is 2. The minimum absolute atomic E-state index is 0.0426. The lowest BCUT2D eigenvalue weighted by Crippen LogP contribution is -2.53. The third-order valence-corrected chi connectivity index (χ3v) is 4.93. The van der Waals surface area contributed by atoms with Gasteiger partial charge in [-0.05, 0) is 30.7 Å². The molecule has 2 aromatic carbocycles. The van der Waals surface area contributed by atoms with Crippen molar-refractivity contribution in [3.8, 4) is 0 Å². The number of aromatic nitrogens is 1. The van der Waals surface area contributed by atoms with Crippen LogP contribution in [0.1, 0.15) is 15.9 Å². The number of H-pyrrole nitrogens is 1.